The third kappa shape index (κ3) is 4.80. The Morgan fingerprint density at radius 3 is 2.06 bits per heavy atom. The Labute approximate surface area is 100 Å². The average molecular weight is 219 g/mol. The van der Waals surface area contributed by atoms with E-state index in [-0.39, 0.29) is 0 Å². The fraction of sp³-hybridized carbons (Fsp3) is 0.600. The van der Waals surface area contributed by atoms with Crippen molar-refractivity contribution >= 4 is 0 Å². The monoisotopic (exact) mass is 219 g/mol. The smallest absolute Gasteiger partial charge is 0.00794 e. The van der Waals surface area contributed by atoms with Crippen LogP contribution < -0.4 is 5.73 Å². The molecule has 0 radical (unpaired) electrons. The summed E-state index contributed by atoms with van der Waals surface area (Å²) < 4.78 is 0. The van der Waals surface area contributed by atoms with Crippen molar-refractivity contribution in [3.05, 3.63) is 34.9 Å². The molecule has 1 heteroatoms. The summed E-state index contributed by atoms with van der Waals surface area (Å²) in [6.07, 6.45) is 3.37. The van der Waals surface area contributed by atoms with Crippen LogP contribution in [0.4, 0.5) is 0 Å². The molecule has 0 spiro atoms. The third-order valence-corrected chi connectivity index (χ3v) is 2.89. The maximum absolute atomic E-state index is 6.15. The van der Waals surface area contributed by atoms with E-state index in [2.05, 4.69) is 45.9 Å². The van der Waals surface area contributed by atoms with E-state index in [0.717, 1.165) is 18.8 Å². The summed E-state index contributed by atoms with van der Waals surface area (Å²) in [5, 5.41) is 0. The minimum Gasteiger partial charge on any atom is -0.327 e. The number of aryl methyl sites for hydroxylation is 2. The molecule has 1 unspecified atom stereocenters. The molecule has 1 atom stereocenters. The highest BCUT2D eigenvalue weighted by Crippen LogP contribution is 2.13. The molecule has 90 valence electrons. The highest BCUT2D eigenvalue weighted by atomic mass is 14.6. The molecule has 0 aliphatic carbocycles. The van der Waals surface area contributed by atoms with Gasteiger partial charge in [0.1, 0.15) is 0 Å². The molecule has 0 bridgehead atoms. The summed E-state index contributed by atoms with van der Waals surface area (Å²) in [5.74, 6) is 0.755. The van der Waals surface area contributed by atoms with Crippen molar-refractivity contribution < 1.29 is 0 Å². The van der Waals surface area contributed by atoms with Crippen LogP contribution in [0.15, 0.2) is 18.2 Å². The summed E-state index contributed by atoms with van der Waals surface area (Å²) >= 11 is 0. The molecular formula is C15H25N. The van der Waals surface area contributed by atoms with Gasteiger partial charge in [0.25, 0.3) is 0 Å². The van der Waals surface area contributed by atoms with Crippen molar-refractivity contribution in [1.82, 2.24) is 0 Å². The van der Waals surface area contributed by atoms with E-state index >= 15 is 0 Å². The zero-order valence-electron chi connectivity index (χ0n) is 11.1. The number of nitrogens with two attached hydrogens (primary N) is 1. The lowest BCUT2D eigenvalue weighted by Crippen LogP contribution is -2.23. The molecule has 1 aromatic carbocycles. The van der Waals surface area contributed by atoms with Gasteiger partial charge in [0.2, 0.25) is 0 Å². The predicted molar refractivity (Wildman–Crippen MR) is 71.7 cm³/mol. The zero-order chi connectivity index (χ0) is 12.1. The van der Waals surface area contributed by atoms with Crippen LogP contribution in [0, 0.1) is 19.8 Å². The van der Waals surface area contributed by atoms with Crippen molar-refractivity contribution in [2.75, 3.05) is 0 Å². The summed E-state index contributed by atoms with van der Waals surface area (Å²) in [7, 11) is 0. The van der Waals surface area contributed by atoms with E-state index in [9.17, 15) is 0 Å². The fourth-order valence-electron chi connectivity index (χ4n) is 2.14. The van der Waals surface area contributed by atoms with Crippen molar-refractivity contribution in [1.29, 1.82) is 0 Å². The van der Waals surface area contributed by atoms with Crippen LogP contribution in [0.25, 0.3) is 0 Å². The first-order valence-corrected chi connectivity index (χ1v) is 6.30. The van der Waals surface area contributed by atoms with E-state index < -0.39 is 0 Å². The van der Waals surface area contributed by atoms with Crippen molar-refractivity contribution in [3.63, 3.8) is 0 Å². The number of hydrogen-bond acceptors (Lipinski definition) is 1. The predicted octanol–water partition coefficient (Wildman–Crippen LogP) is 3.61. The molecule has 0 fully saturated rings. The van der Waals surface area contributed by atoms with Gasteiger partial charge < -0.3 is 5.73 Å². The van der Waals surface area contributed by atoms with E-state index in [1.807, 2.05) is 0 Å². The van der Waals surface area contributed by atoms with Gasteiger partial charge in [0.05, 0.1) is 0 Å². The lowest BCUT2D eigenvalue weighted by Gasteiger charge is -2.14. The lowest BCUT2D eigenvalue weighted by atomic mass is 9.97. The van der Waals surface area contributed by atoms with Crippen LogP contribution in [-0.4, -0.2) is 6.04 Å². The first-order valence-electron chi connectivity index (χ1n) is 6.30. The van der Waals surface area contributed by atoms with Gasteiger partial charge in [-0.1, -0.05) is 43.2 Å². The third-order valence-electron chi connectivity index (χ3n) is 2.89. The van der Waals surface area contributed by atoms with Gasteiger partial charge in [0.15, 0.2) is 0 Å². The second kappa shape index (κ2) is 6.05. The Morgan fingerprint density at radius 2 is 1.56 bits per heavy atom. The van der Waals surface area contributed by atoms with E-state index in [1.165, 1.54) is 23.1 Å². The first kappa shape index (κ1) is 13.2. The molecule has 0 saturated carbocycles. The summed E-state index contributed by atoms with van der Waals surface area (Å²) in [6, 6.07) is 7.02. The zero-order valence-corrected chi connectivity index (χ0v) is 11.1. The second-order valence-electron chi connectivity index (χ2n) is 5.43. The molecule has 1 nitrogen and oxygen atoms in total. The Kier molecular flexibility index (Phi) is 5.01. The summed E-state index contributed by atoms with van der Waals surface area (Å²) in [5.41, 5.74) is 10.2. The number of rotatable bonds is 5. The Morgan fingerprint density at radius 1 is 1.00 bits per heavy atom. The summed E-state index contributed by atoms with van der Waals surface area (Å²) in [6.45, 7) is 8.80. The van der Waals surface area contributed by atoms with Crippen LogP contribution in [0.1, 0.15) is 43.4 Å². The molecule has 1 rings (SSSR count). The fourth-order valence-corrected chi connectivity index (χ4v) is 2.14. The maximum Gasteiger partial charge on any atom is 0.00794 e. The van der Waals surface area contributed by atoms with Gasteiger partial charge >= 0.3 is 0 Å². The number of benzene rings is 1. The Hall–Kier alpha value is -0.820. The van der Waals surface area contributed by atoms with Gasteiger partial charge in [-0.15, -0.1) is 0 Å². The molecule has 0 aliphatic heterocycles. The minimum atomic E-state index is 0.309. The average Bonchev–Trinajstić information content (AvgIpc) is 2.12. The highest BCUT2D eigenvalue weighted by molar-refractivity contribution is 5.29. The van der Waals surface area contributed by atoms with E-state index in [1.54, 1.807) is 0 Å². The Balaban J connectivity index is 2.52. The molecule has 1 aromatic rings. The standard InChI is InChI=1S/C15H25N/c1-11(2)5-6-15(16)10-14-8-12(3)7-13(4)9-14/h7-9,11,15H,5-6,10,16H2,1-4H3. The van der Waals surface area contributed by atoms with Gasteiger partial charge in [-0.25, -0.2) is 0 Å². The van der Waals surface area contributed by atoms with Gasteiger partial charge in [-0.05, 0) is 44.6 Å². The minimum absolute atomic E-state index is 0.309. The molecule has 0 saturated heterocycles. The van der Waals surface area contributed by atoms with Gasteiger partial charge in [0, 0.05) is 6.04 Å². The number of hydrogen-bond donors (Lipinski definition) is 1. The van der Waals surface area contributed by atoms with Gasteiger partial charge in [-0.2, -0.15) is 0 Å². The van der Waals surface area contributed by atoms with E-state index in [0.29, 0.717) is 6.04 Å². The van der Waals surface area contributed by atoms with E-state index in [4.69, 9.17) is 5.73 Å². The molecule has 0 aromatic heterocycles. The van der Waals surface area contributed by atoms with Crippen molar-refractivity contribution in [2.45, 2.75) is 53.0 Å². The lowest BCUT2D eigenvalue weighted by molar-refractivity contribution is 0.494. The van der Waals surface area contributed by atoms with Crippen LogP contribution in [-0.2, 0) is 6.42 Å². The normalized spacial score (nSPS) is 13.1. The Bertz CT molecular complexity index is 308. The molecular weight excluding hydrogens is 194 g/mol. The highest BCUT2D eigenvalue weighted by Gasteiger charge is 2.06. The van der Waals surface area contributed by atoms with Crippen LogP contribution in [0.3, 0.4) is 0 Å². The maximum atomic E-state index is 6.15. The van der Waals surface area contributed by atoms with Crippen LogP contribution >= 0.6 is 0 Å². The molecule has 16 heavy (non-hydrogen) atoms. The second-order valence-corrected chi connectivity index (χ2v) is 5.43. The van der Waals surface area contributed by atoms with Crippen LogP contribution in [0.5, 0.6) is 0 Å². The molecule has 0 aliphatic rings. The SMILES string of the molecule is Cc1cc(C)cc(CC(N)CCC(C)C)c1. The quantitative estimate of drug-likeness (QED) is 0.804. The largest absolute Gasteiger partial charge is 0.327 e. The van der Waals surface area contributed by atoms with Crippen molar-refractivity contribution in [3.8, 4) is 0 Å². The van der Waals surface area contributed by atoms with Gasteiger partial charge in [-0.3, -0.25) is 0 Å². The molecule has 0 amide bonds. The topological polar surface area (TPSA) is 26.0 Å². The molecule has 2 N–H and O–H groups in total. The van der Waals surface area contributed by atoms with Crippen molar-refractivity contribution in [2.24, 2.45) is 11.7 Å². The van der Waals surface area contributed by atoms with Crippen LogP contribution in [0.2, 0.25) is 0 Å². The summed E-state index contributed by atoms with van der Waals surface area (Å²) in [4.78, 5) is 0. The molecule has 0 heterocycles. The first-order chi connectivity index (χ1) is 7.47.